The first-order valence-corrected chi connectivity index (χ1v) is 6.62. The Kier molecular flexibility index (Phi) is 3.72. The van der Waals surface area contributed by atoms with Crippen LogP contribution >= 0.6 is 31.9 Å². The zero-order valence-electron chi connectivity index (χ0n) is 8.98. The molecule has 0 bridgehead atoms. The van der Waals surface area contributed by atoms with Crippen LogP contribution in [0.5, 0.6) is 0 Å². The van der Waals surface area contributed by atoms with Crippen LogP contribution in [0.2, 0.25) is 0 Å². The van der Waals surface area contributed by atoms with Gasteiger partial charge in [0.25, 0.3) is 9.39 Å². The lowest BCUT2D eigenvalue weighted by Gasteiger charge is -2.22. The summed E-state index contributed by atoms with van der Waals surface area (Å²) in [6.45, 7) is 0.0185. The van der Waals surface area contributed by atoms with Gasteiger partial charge in [-0.1, -0.05) is 30.3 Å². The number of benzene rings is 1. The maximum Gasteiger partial charge on any atom is 0.417 e. The fourth-order valence-electron chi connectivity index (χ4n) is 1.70. The number of imide groups is 1. The summed E-state index contributed by atoms with van der Waals surface area (Å²) in [6, 6.07) is 8.22. The number of rotatable bonds is 2. The molecular weight excluding hydrogens is 373 g/mol. The number of carbonyl (C=O) groups is 2. The molecule has 0 radical (unpaired) electrons. The van der Waals surface area contributed by atoms with Crippen molar-refractivity contribution in [3.63, 3.8) is 0 Å². The Morgan fingerprint density at radius 3 is 2.56 bits per heavy atom. The number of hydrogen-bond donors (Lipinski definition) is 0. The third-order valence-electron chi connectivity index (χ3n) is 2.52. The quantitative estimate of drug-likeness (QED) is 0.740. The van der Waals surface area contributed by atoms with E-state index in [1.165, 1.54) is 0 Å². The molecule has 0 saturated carbocycles. The highest BCUT2D eigenvalue weighted by Crippen LogP contribution is 2.36. The number of hydrogen-bond acceptors (Lipinski definition) is 3. The van der Waals surface area contributed by atoms with Gasteiger partial charge >= 0.3 is 6.09 Å². The topological polar surface area (TPSA) is 46.6 Å². The Labute approximate surface area is 119 Å². The molecule has 0 unspecified atom stereocenters. The van der Waals surface area contributed by atoms with E-state index in [1.54, 1.807) is 24.3 Å². The maximum absolute atomic E-state index is 13.5. The number of nitrogens with zero attached hydrogens (tertiary/aromatic N) is 1. The molecule has 1 aromatic rings. The minimum absolute atomic E-state index is 0.0185. The van der Waals surface area contributed by atoms with E-state index in [-0.39, 0.29) is 6.61 Å². The van der Waals surface area contributed by atoms with Gasteiger partial charge in [-0.2, -0.15) is 0 Å². The van der Waals surface area contributed by atoms with Gasteiger partial charge in [0.15, 0.2) is 0 Å². The fourth-order valence-corrected chi connectivity index (χ4v) is 2.09. The lowest BCUT2D eigenvalue weighted by Crippen LogP contribution is -2.41. The van der Waals surface area contributed by atoms with Gasteiger partial charge in [-0.25, -0.2) is 14.1 Å². The molecule has 1 fully saturated rings. The largest absolute Gasteiger partial charge is 0.446 e. The standard InChI is InChI=1S/C11H8Br2FNO3/c12-11(13,14)9(16)15-8(6-18-10(15)17)7-4-2-1-3-5-7/h1-5,8H,6H2/t8-/m1/s1. The molecule has 0 spiro atoms. The normalized spacial score (nSPS) is 19.8. The zero-order chi connectivity index (χ0) is 13.3. The Hall–Kier alpha value is -0.950. The Bertz CT molecular complexity index is 475. The van der Waals surface area contributed by atoms with Crippen molar-refractivity contribution in [1.29, 1.82) is 0 Å². The van der Waals surface area contributed by atoms with Crippen molar-refractivity contribution in [2.45, 2.75) is 9.53 Å². The van der Waals surface area contributed by atoms with E-state index < -0.39 is 21.5 Å². The van der Waals surface area contributed by atoms with Crippen LogP contribution in [0.4, 0.5) is 9.18 Å². The van der Waals surface area contributed by atoms with Crippen LogP contribution in [-0.2, 0) is 9.53 Å². The van der Waals surface area contributed by atoms with Crippen molar-refractivity contribution in [2.24, 2.45) is 0 Å². The summed E-state index contributed by atoms with van der Waals surface area (Å²) in [6.07, 6.45) is -0.852. The Balaban J connectivity index is 2.32. The van der Waals surface area contributed by atoms with Crippen molar-refractivity contribution in [2.75, 3.05) is 6.61 Å². The van der Waals surface area contributed by atoms with Gasteiger partial charge < -0.3 is 4.74 Å². The van der Waals surface area contributed by atoms with E-state index in [4.69, 9.17) is 4.74 Å². The molecule has 1 saturated heterocycles. The molecule has 2 amide bonds. The molecule has 1 heterocycles. The van der Waals surface area contributed by atoms with E-state index in [2.05, 4.69) is 31.9 Å². The number of alkyl halides is 3. The number of cyclic esters (lactones) is 1. The molecule has 0 N–H and O–H groups in total. The maximum atomic E-state index is 13.5. The molecule has 0 aromatic heterocycles. The van der Waals surface area contributed by atoms with Crippen molar-refractivity contribution < 1.29 is 18.7 Å². The first kappa shape index (κ1) is 13.5. The van der Waals surface area contributed by atoms with Crippen LogP contribution in [0.1, 0.15) is 11.6 Å². The molecule has 1 aliphatic rings. The monoisotopic (exact) mass is 379 g/mol. The summed E-state index contributed by atoms with van der Waals surface area (Å²) >= 11 is 5.07. The average Bonchev–Trinajstić information content (AvgIpc) is 2.70. The van der Waals surface area contributed by atoms with Crippen molar-refractivity contribution >= 4 is 43.9 Å². The van der Waals surface area contributed by atoms with Crippen molar-refractivity contribution in [1.82, 2.24) is 4.90 Å². The third kappa shape index (κ3) is 2.56. The first-order valence-electron chi connectivity index (χ1n) is 5.03. The highest BCUT2D eigenvalue weighted by Gasteiger charge is 2.47. The van der Waals surface area contributed by atoms with Gasteiger partial charge in [-0.15, -0.1) is 0 Å². The van der Waals surface area contributed by atoms with Crippen molar-refractivity contribution in [3.05, 3.63) is 35.9 Å². The zero-order valence-corrected chi connectivity index (χ0v) is 12.1. The third-order valence-corrected chi connectivity index (χ3v) is 3.20. The summed E-state index contributed by atoms with van der Waals surface area (Å²) in [7, 11) is 0. The second-order valence-corrected chi connectivity index (χ2v) is 6.93. The van der Waals surface area contributed by atoms with Gasteiger partial charge in [-0.3, -0.25) is 4.79 Å². The van der Waals surface area contributed by atoms with E-state index in [0.29, 0.717) is 5.56 Å². The fraction of sp³-hybridized carbons (Fsp3) is 0.273. The summed E-state index contributed by atoms with van der Waals surface area (Å²) in [5, 5.41) is 0. The van der Waals surface area contributed by atoms with E-state index in [9.17, 15) is 14.0 Å². The molecule has 4 nitrogen and oxygen atoms in total. The van der Waals surface area contributed by atoms with E-state index in [1.807, 2.05) is 6.07 Å². The molecule has 7 heteroatoms. The Morgan fingerprint density at radius 2 is 2.00 bits per heavy atom. The second kappa shape index (κ2) is 4.97. The van der Waals surface area contributed by atoms with Crippen LogP contribution in [0.15, 0.2) is 30.3 Å². The van der Waals surface area contributed by atoms with Crippen LogP contribution in [0, 0.1) is 0 Å². The summed E-state index contributed by atoms with van der Waals surface area (Å²) in [5.74, 6) is -1.04. The molecule has 1 atom stereocenters. The van der Waals surface area contributed by atoms with Crippen LogP contribution in [0.25, 0.3) is 0 Å². The second-order valence-electron chi connectivity index (χ2n) is 3.68. The van der Waals surface area contributed by atoms with Gasteiger partial charge in [0.05, 0.1) is 0 Å². The lowest BCUT2D eigenvalue weighted by molar-refractivity contribution is -0.132. The van der Waals surface area contributed by atoms with E-state index in [0.717, 1.165) is 4.90 Å². The highest BCUT2D eigenvalue weighted by atomic mass is 79.9. The van der Waals surface area contributed by atoms with Gasteiger partial charge in [0, 0.05) is 0 Å². The molecule has 1 aliphatic heterocycles. The smallest absolute Gasteiger partial charge is 0.417 e. The van der Waals surface area contributed by atoms with Crippen LogP contribution in [-0.4, -0.2) is 27.0 Å². The highest BCUT2D eigenvalue weighted by molar-refractivity contribution is 9.25. The first-order chi connectivity index (χ1) is 8.41. The number of halogens is 3. The van der Waals surface area contributed by atoms with Crippen LogP contribution in [0.3, 0.4) is 0 Å². The van der Waals surface area contributed by atoms with Gasteiger partial charge in [0.2, 0.25) is 0 Å². The molecule has 2 rings (SSSR count). The predicted octanol–water partition coefficient (Wildman–Crippen LogP) is 3.12. The molecule has 0 aliphatic carbocycles. The predicted molar refractivity (Wildman–Crippen MR) is 69.1 cm³/mol. The minimum Gasteiger partial charge on any atom is -0.446 e. The average molecular weight is 381 g/mol. The molecule has 1 aromatic carbocycles. The molecule has 18 heavy (non-hydrogen) atoms. The lowest BCUT2D eigenvalue weighted by atomic mass is 10.1. The molecule has 96 valence electrons. The van der Waals surface area contributed by atoms with Crippen molar-refractivity contribution in [3.8, 4) is 0 Å². The number of ether oxygens (including phenoxy) is 1. The number of amides is 2. The summed E-state index contributed by atoms with van der Waals surface area (Å²) < 4.78 is 15.9. The molecular formula is C11H8Br2FNO3. The van der Waals surface area contributed by atoms with Gasteiger partial charge in [-0.05, 0) is 37.4 Å². The summed E-state index contributed by atoms with van der Waals surface area (Å²) in [5.41, 5.74) is 0.709. The number of carbonyl (C=O) groups excluding carboxylic acids is 2. The summed E-state index contributed by atoms with van der Waals surface area (Å²) in [4.78, 5) is 24.1. The Morgan fingerprint density at radius 1 is 1.39 bits per heavy atom. The SMILES string of the molecule is O=C1OC[C@H](c2ccccc2)N1C(=O)C(F)(Br)Br. The van der Waals surface area contributed by atoms with E-state index >= 15 is 0 Å². The van der Waals surface area contributed by atoms with Crippen LogP contribution < -0.4 is 0 Å². The van der Waals surface area contributed by atoms with Gasteiger partial charge in [0.1, 0.15) is 12.6 Å². The minimum atomic E-state index is -2.48.